The van der Waals surface area contributed by atoms with E-state index in [1.807, 2.05) is 54.6 Å². The van der Waals surface area contributed by atoms with Crippen molar-refractivity contribution in [1.29, 1.82) is 0 Å². The molecule has 5 rings (SSSR count). The number of rotatable bonds is 7. The highest BCUT2D eigenvalue weighted by molar-refractivity contribution is 6.13. The zero-order chi connectivity index (χ0) is 25.8. The van der Waals surface area contributed by atoms with Gasteiger partial charge in [-0.2, -0.15) is 0 Å². The monoisotopic (exact) mass is 492 g/mol. The molecule has 0 aromatic heterocycles. The molecule has 7 nitrogen and oxygen atoms in total. The Morgan fingerprint density at radius 2 is 1.65 bits per heavy atom. The quantitative estimate of drug-likeness (QED) is 0.215. The van der Waals surface area contributed by atoms with E-state index < -0.39 is 5.91 Å². The maximum atomic E-state index is 13.6. The Morgan fingerprint density at radius 1 is 0.919 bits per heavy atom. The molecule has 0 atom stereocenters. The Morgan fingerprint density at radius 3 is 2.43 bits per heavy atom. The first-order chi connectivity index (χ1) is 18.0. The topological polar surface area (TPSA) is 95.9 Å². The third kappa shape index (κ3) is 4.98. The van der Waals surface area contributed by atoms with Crippen LogP contribution in [0.2, 0.25) is 0 Å². The van der Waals surface area contributed by atoms with E-state index in [0.717, 1.165) is 16.3 Å². The van der Waals surface area contributed by atoms with E-state index in [1.165, 1.54) is 4.90 Å². The van der Waals surface area contributed by atoms with Crippen molar-refractivity contribution in [2.45, 2.75) is 13.0 Å². The molecular weight excluding hydrogens is 468 g/mol. The van der Waals surface area contributed by atoms with Gasteiger partial charge < -0.3 is 4.74 Å². The summed E-state index contributed by atoms with van der Waals surface area (Å²) >= 11 is 0. The van der Waals surface area contributed by atoms with Gasteiger partial charge in [0, 0.05) is 28.5 Å². The van der Waals surface area contributed by atoms with Crippen molar-refractivity contribution in [3.05, 3.63) is 119 Å². The first-order valence-corrected chi connectivity index (χ1v) is 11.8. The van der Waals surface area contributed by atoms with Crippen LogP contribution in [0.5, 0.6) is 5.75 Å². The summed E-state index contributed by atoms with van der Waals surface area (Å²) in [5, 5.41) is 10.9. The van der Waals surface area contributed by atoms with Crippen LogP contribution < -0.4 is 10.2 Å². The lowest BCUT2D eigenvalue weighted by atomic mass is 10.0. The molecule has 184 valence electrons. The predicted molar refractivity (Wildman–Crippen MR) is 139 cm³/mol. The van der Waals surface area contributed by atoms with Crippen LogP contribution in [0.25, 0.3) is 16.8 Å². The van der Waals surface area contributed by atoms with E-state index >= 15 is 0 Å². The third-order valence-corrected chi connectivity index (χ3v) is 6.34. The fraction of sp³-hybridized carbons (Fsp3) is 0.100. The van der Waals surface area contributed by atoms with Crippen LogP contribution in [0, 0.1) is 0 Å². The number of nitrogens with one attached hydrogen (secondary N) is 1. The SMILES string of the molecule is O=C(NO)c1ccc(C=C(CCOc2cccc3ccccc23)C(=O)N2Cc3ccccc3C2=O)cc1. The second kappa shape index (κ2) is 10.5. The molecule has 1 aliphatic rings. The maximum absolute atomic E-state index is 13.6. The molecule has 0 unspecified atom stereocenters. The molecule has 2 N–H and O–H groups in total. The highest BCUT2D eigenvalue weighted by Gasteiger charge is 2.33. The molecule has 0 spiro atoms. The number of carbonyl (C=O) groups excluding carboxylic acids is 3. The number of amides is 3. The Hall–Kier alpha value is -4.75. The molecule has 3 amide bonds. The minimum atomic E-state index is -0.629. The highest BCUT2D eigenvalue weighted by Crippen LogP contribution is 2.28. The number of benzene rings is 4. The molecule has 0 bridgehead atoms. The van der Waals surface area contributed by atoms with Crippen molar-refractivity contribution in [1.82, 2.24) is 10.4 Å². The molecule has 0 saturated heterocycles. The lowest BCUT2D eigenvalue weighted by Crippen LogP contribution is -2.32. The Kier molecular flexibility index (Phi) is 6.78. The molecule has 37 heavy (non-hydrogen) atoms. The highest BCUT2D eigenvalue weighted by atomic mass is 16.5. The van der Waals surface area contributed by atoms with Crippen LogP contribution in [0.1, 0.15) is 38.3 Å². The van der Waals surface area contributed by atoms with Crippen molar-refractivity contribution < 1.29 is 24.3 Å². The van der Waals surface area contributed by atoms with Crippen LogP contribution in [0.4, 0.5) is 0 Å². The number of hydrogen-bond donors (Lipinski definition) is 2. The summed E-state index contributed by atoms with van der Waals surface area (Å²) in [5.74, 6) is -0.624. The van der Waals surface area contributed by atoms with E-state index in [4.69, 9.17) is 9.94 Å². The van der Waals surface area contributed by atoms with Gasteiger partial charge in [0.15, 0.2) is 0 Å². The fourth-order valence-electron chi connectivity index (χ4n) is 4.42. The molecule has 4 aromatic rings. The van der Waals surface area contributed by atoms with Crippen molar-refractivity contribution in [2.75, 3.05) is 6.61 Å². The molecule has 4 aromatic carbocycles. The van der Waals surface area contributed by atoms with Crippen molar-refractivity contribution in [2.24, 2.45) is 0 Å². The number of nitrogens with zero attached hydrogens (tertiary/aromatic N) is 1. The summed E-state index contributed by atoms with van der Waals surface area (Å²) in [6.07, 6.45) is 1.97. The Balaban J connectivity index is 1.40. The molecule has 0 radical (unpaired) electrons. The van der Waals surface area contributed by atoms with Gasteiger partial charge in [0.2, 0.25) is 0 Å². The summed E-state index contributed by atoms with van der Waals surface area (Å²) in [6, 6.07) is 27.3. The zero-order valence-corrected chi connectivity index (χ0v) is 19.9. The number of hydrogen-bond acceptors (Lipinski definition) is 5. The number of ether oxygens (including phenoxy) is 1. The van der Waals surface area contributed by atoms with Crippen LogP contribution >= 0.6 is 0 Å². The number of carbonyl (C=O) groups is 3. The van der Waals surface area contributed by atoms with Gasteiger partial charge in [0.1, 0.15) is 5.75 Å². The van der Waals surface area contributed by atoms with Crippen LogP contribution in [0.3, 0.4) is 0 Å². The van der Waals surface area contributed by atoms with Crippen LogP contribution in [-0.2, 0) is 11.3 Å². The molecule has 0 aliphatic carbocycles. The second-order valence-corrected chi connectivity index (χ2v) is 8.66. The average molecular weight is 493 g/mol. The van der Waals surface area contributed by atoms with E-state index in [2.05, 4.69) is 0 Å². The van der Waals surface area contributed by atoms with Crippen molar-refractivity contribution in [3.8, 4) is 5.75 Å². The lowest BCUT2D eigenvalue weighted by molar-refractivity contribution is -0.125. The average Bonchev–Trinajstić information content (AvgIpc) is 3.28. The predicted octanol–water partition coefficient (Wildman–Crippen LogP) is 4.99. The number of fused-ring (bicyclic) bond motifs is 2. The maximum Gasteiger partial charge on any atom is 0.274 e. The minimum absolute atomic E-state index is 0.213. The molecule has 1 aliphatic heterocycles. The van der Waals surface area contributed by atoms with Gasteiger partial charge in [0.25, 0.3) is 17.7 Å². The zero-order valence-electron chi connectivity index (χ0n) is 19.9. The molecule has 0 saturated carbocycles. The first-order valence-electron chi connectivity index (χ1n) is 11.8. The van der Waals surface area contributed by atoms with Crippen molar-refractivity contribution >= 4 is 34.6 Å². The molecule has 7 heteroatoms. The summed E-state index contributed by atoms with van der Waals surface area (Å²) in [4.78, 5) is 39.5. The summed E-state index contributed by atoms with van der Waals surface area (Å²) in [7, 11) is 0. The second-order valence-electron chi connectivity index (χ2n) is 8.66. The molecular formula is C30H24N2O5. The fourth-order valence-corrected chi connectivity index (χ4v) is 4.42. The number of hydroxylamine groups is 1. The Bertz CT molecular complexity index is 1520. The van der Waals surface area contributed by atoms with E-state index in [1.54, 1.807) is 48.0 Å². The smallest absolute Gasteiger partial charge is 0.274 e. The Labute approximate surface area is 213 Å². The number of imide groups is 1. The minimum Gasteiger partial charge on any atom is -0.493 e. The molecule has 1 heterocycles. The van der Waals surface area contributed by atoms with E-state index in [9.17, 15) is 14.4 Å². The first kappa shape index (κ1) is 24.0. The van der Waals surface area contributed by atoms with Gasteiger partial charge in [0.05, 0.1) is 13.2 Å². The van der Waals surface area contributed by atoms with Gasteiger partial charge in [-0.1, -0.05) is 66.7 Å². The van der Waals surface area contributed by atoms with Crippen LogP contribution in [0.15, 0.2) is 96.6 Å². The summed E-state index contributed by atoms with van der Waals surface area (Å²) in [6.45, 7) is 0.441. The van der Waals surface area contributed by atoms with Gasteiger partial charge >= 0.3 is 0 Å². The van der Waals surface area contributed by atoms with Crippen molar-refractivity contribution in [3.63, 3.8) is 0 Å². The van der Waals surface area contributed by atoms with E-state index in [0.29, 0.717) is 22.4 Å². The van der Waals surface area contributed by atoms with Gasteiger partial charge in [-0.15, -0.1) is 0 Å². The molecule has 0 fully saturated rings. The summed E-state index contributed by atoms with van der Waals surface area (Å²) in [5.41, 5.74) is 4.29. The van der Waals surface area contributed by atoms with Gasteiger partial charge in [-0.05, 0) is 46.9 Å². The van der Waals surface area contributed by atoms with E-state index in [-0.39, 0.29) is 37.0 Å². The largest absolute Gasteiger partial charge is 0.493 e. The van der Waals surface area contributed by atoms with Crippen LogP contribution in [-0.4, -0.2) is 34.4 Å². The lowest BCUT2D eigenvalue weighted by Gasteiger charge is -2.17. The van der Waals surface area contributed by atoms with Gasteiger partial charge in [-0.25, -0.2) is 5.48 Å². The third-order valence-electron chi connectivity index (χ3n) is 6.34. The van der Waals surface area contributed by atoms with Gasteiger partial charge in [-0.3, -0.25) is 24.5 Å². The summed E-state index contributed by atoms with van der Waals surface area (Å²) < 4.78 is 6.08. The standard InChI is InChI=1S/C30H24N2O5/c33-28(31-36)22-14-12-20(13-15-22)18-23(29(34)32-19-24-7-2-4-10-26(24)30(32)35)16-17-37-27-11-5-8-21-6-1-3-9-25(21)27/h1-15,18,36H,16-17,19H2,(H,31,33). The normalized spacial score (nSPS) is 12.9.